The lowest BCUT2D eigenvalue weighted by molar-refractivity contribution is -0.124. The van der Waals surface area contributed by atoms with Gasteiger partial charge >= 0.3 is 0 Å². The highest BCUT2D eigenvalue weighted by molar-refractivity contribution is 6.00. The Balaban J connectivity index is 1.32. The lowest BCUT2D eigenvalue weighted by atomic mass is 9.86. The van der Waals surface area contributed by atoms with Gasteiger partial charge in [0.25, 0.3) is 0 Å². The summed E-state index contributed by atoms with van der Waals surface area (Å²) in [4.78, 5) is 22.9. The van der Waals surface area contributed by atoms with E-state index in [2.05, 4.69) is 62.0 Å². The molecule has 3 aliphatic rings. The molecule has 1 saturated carbocycles. The number of rotatable bonds is 4. The molecule has 2 aromatic heterocycles. The third-order valence-electron chi connectivity index (χ3n) is 8.03. The Hall–Kier alpha value is -3.46. The number of ether oxygens (including phenoxy) is 1. The topological polar surface area (TPSA) is 88.4 Å². The normalized spacial score (nSPS) is 21.1. The van der Waals surface area contributed by atoms with Gasteiger partial charge in [0.05, 0.1) is 30.6 Å². The average Bonchev–Trinajstić information content (AvgIpc) is 3.28. The van der Waals surface area contributed by atoms with E-state index < -0.39 is 0 Å². The molecular weight excluding hydrogens is 466 g/mol. The molecule has 6 rings (SSSR count). The van der Waals surface area contributed by atoms with E-state index in [1.165, 1.54) is 0 Å². The summed E-state index contributed by atoms with van der Waals surface area (Å²) in [5.41, 5.74) is 3.92. The first-order chi connectivity index (χ1) is 18.0. The molecule has 9 heteroatoms. The average molecular weight is 502 g/mol. The van der Waals surface area contributed by atoms with Gasteiger partial charge in [0.2, 0.25) is 5.91 Å². The van der Waals surface area contributed by atoms with Crippen molar-refractivity contribution in [2.24, 2.45) is 5.92 Å². The van der Waals surface area contributed by atoms with Crippen LogP contribution in [-0.4, -0.2) is 45.4 Å². The number of fused-ring (bicyclic) bond motifs is 3. The summed E-state index contributed by atoms with van der Waals surface area (Å²) in [6.45, 7) is 7.23. The van der Waals surface area contributed by atoms with Crippen molar-refractivity contribution in [1.82, 2.24) is 19.7 Å². The lowest BCUT2D eigenvalue weighted by Crippen LogP contribution is -2.38. The van der Waals surface area contributed by atoms with Crippen LogP contribution in [0.3, 0.4) is 0 Å². The number of carbonyl (C=O) groups excluding carboxylic acids is 1. The van der Waals surface area contributed by atoms with Crippen LogP contribution >= 0.6 is 0 Å². The molecular formula is C28H35N7O2. The number of pyridine rings is 1. The van der Waals surface area contributed by atoms with Gasteiger partial charge in [-0.15, -0.1) is 10.2 Å². The Bertz CT molecular complexity index is 1300. The van der Waals surface area contributed by atoms with Crippen LogP contribution in [0.4, 0.5) is 22.9 Å². The largest absolute Gasteiger partial charge is 0.381 e. The third-order valence-corrected chi connectivity index (χ3v) is 8.03. The minimum absolute atomic E-state index is 0.00381. The molecule has 1 amide bonds. The van der Waals surface area contributed by atoms with Gasteiger partial charge in [0, 0.05) is 49.5 Å². The number of methoxy groups -OCH3 is 1. The van der Waals surface area contributed by atoms with Crippen LogP contribution in [0.2, 0.25) is 0 Å². The number of nitrogens with zero attached hydrogens (tertiary/aromatic N) is 6. The molecule has 0 spiro atoms. The predicted molar refractivity (Wildman–Crippen MR) is 143 cm³/mol. The van der Waals surface area contributed by atoms with E-state index in [0.717, 1.165) is 78.9 Å². The second-order valence-electron chi connectivity index (χ2n) is 10.7. The monoisotopic (exact) mass is 501 g/mol. The van der Waals surface area contributed by atoms with Crippen LogP contribution in [0, 0.1) is 5.92 Å². The molecule has 0 unspecified atom stereocenters. The predicted octanol–water partition coefficient (Wildman–Crippen LogP) is 4.61. The molecule has 1 aliphatic carbocycles. The minimum atomic E-state index is 0.00381. The summed E-state index contributed by atoms with van der Waals surface area (Å²) in [5, 5.41) is 12.4. The molecule has 3 aromatic rings. The Morgan fingerprint density at radius 1 is 1.08 bits per heavy atom. The van der Waals surface area contributed by atoms with E-state index in [1.807, 2.05) is 17.0 Å². The molecule has 194 valence electrons. The van der Waals surface area contributed by atoms with Crippen molar-refractivity contribution >= 4 is 28.8 Å². The van der Waals surface area contributed by atoms with Crippen LogP contribution in [0.15, 0.2) is 36.5 Å². The summed E-state index contributed by atoms with van der Waals surface area (Å²) in [6, 6.07) is 10.3. The van der Waals surface area contributed by atoms with Crippen LogP contribution < -0.4 is 15.1 Å². The van der Waals surface area contributed by atoms with E-state index in [0.29, 0.717) is 19.0 Å². The number of hydrogen-bond donors (Lipinski definition) is 1. The third kappa shape index (κ3) is 4.45. The molecule has 0 bridgehead atoms. The van der Waals surface area contributed by atoms with Crippen molar-refractivity contribution in [2.45, 2.75) is 71.2 Å². The van der Waals surface area contributed by atoms with Gasteiger partial charge in [-0.05, 0) is 49.9 Å². The summed E-state index contributed by atoms with van der Waals surface area (Å²) >= 11 is 0. The molecule has 1 fully saturated rings. The SMILES string of the molecule is COC1CCC(C(=O)N2Cc3cccnc3Nc3ccc(N4CCn5c(nnc5C(C)C)C4)cc32)CC1. The first-order valence-electron chi connectivity index (χ1n) is 13.4. The highest BCUT2D eigenvalue weighted by Crippen LogP contribution is 2.40. The maximum atomic E-state index is 14.0. The second kappa shape index (κ2) is 9.78. The number of aromatic nitrogens is 4. The fourth-order valence-corrected chi connectivity index (χ4v) is 5.90. The van der Waals surface area contributed by atoms with E-state index >= 15 is 0 Å². The highest BCUT2D eigenvalue weighted by atomic mass is 16.5. The Morgan fingerprint density at radius 3 is 2.70 bits per heavy atom. The fourth-order valence-electron chi connectivity index (χ4n) is 5.90. The van der Waals surface area contributed by atoms with Gasteiger partial charge in [-0.25, -0.2) is 4.98 Å². The van der Waals surface area contributed by atoms with E-state index in [-0.39, 0.29) is 17.9 Å². The number of hydrogen-bond acceptors (Lipinski definition) is 7. The fraction of sp³-hybridized carbons (Fsp3) is 0.500. The minimum Gasteiger partial charge on any atom is -0.381 e. The van der Waals surface area contributed by atoms with Gasteiger partial charge in [0.15, 0.2) is 5.82 Å². The van der Waals surface area contributed by atoms with E-state index in [4.69, 9.17) is 4.74 Å². The molecule has 4 heterocycles. The van der Waals surface area contributed by atoms with Crippen molar-refractivity contribution in [1.29, 1.82) is 0 Å². The van der Waals surface area contributed by atoms with Crippen molar-refractivity contribution < 1.29 is 9.53 Å². The second-order valence-corrected chi connectivity index (χ2v) is 10.7. The smallest absolute Gasteiger partial charge is 0.230 e. The van der Waals surface area contributed by atoms with Gasteiger partial charge in [-0.2, -0.15) is 0 Å². The van der Waals surface area contributed by atoms with Gasteiger partial charge in [-0.1, -0.05) is 19.9 Å². The van der Waals surface area contributed by atoms with E-state index in [9.17, 15) is 4.79 Å². The zero-order chi connectivity index (χ0) is 25.5. The molecule has 0 radical (unpaired) electrons. The van der Waals surface area contributed by atoms with Crippen molar-refractivity contribution in [2.75, 3.05) is 28.8 Å². The summed E-state index contributed by atoms with van der Waals surface area (Å²) in [7, 11) is 1.77. The van der Waals surface area contributed by atoms with E-state index in [1.54, 1.807) is 13.3 Å². The summed E-state index contributed by atoms with van der Waals surface area (Å²) in [6.07, 6.45) is 5.62. The van der Waals surface area contributed by atoms with Gasteiger partial charge in [0.1, 0.15) is 11.6 Å². The zero-order valence-corrected chi connectivity index (χ0v) is 21.9. The lowest BCUT2D eigenvalue weighted by Gasteiger charge is -2.33. The molecule has 0 saturated heterocycles. The molecule has 0 atom stereocenters. The number of amides is 1. The first-order valence-corrected chi connectivity index (χ1v) is 13.4. The van der Waals surface area contributed by atoms with Crippen LogP contribution in [0.5, 0.6) is 0 Å². The van der Waals surface area contributed by atoms with Gasteiger partial charge < -0.3 is 24.4 Å². The van der Waals surface area contributed by atoms with Crippen LogP contribution in [-0.2, 0) is 29.2 Å². The zero-order valence-electron chi connectivity index (χ0n) is 21.9. The highest BCUT2D eigenvalue weighted by Gasteiger charge is 2.33. The van der Waals surface area contributed by atoms with Gasteiger partial charge in [-0.3, -0.25) is 4.79 Å². The first kappa shape index (κ1) is 23.9. The quantitative estimate of drug-likeness (QED) is 0.558. The Morgan fingerprint density at radius 2 is 1.92 bits per heavy atom. The van der Waals surface area contributed by atoms with Crippen LogP contribution in [0.25, 0.3) is 0 Å². The Kier molecular flexibility index (Phi) is 6.32. The van der Waals surface area contributed by atoms with Crippen molar-refractivity contribution in [3.05, 3.63) is 53.7 Å². The van der Waals surface area contributed by atoms with Crippen molar-refractivity contribution in [3.63, 3.8) is 0 Å². The molecule has 2 aliphatic heterocycles. The molecule has 1 N–H and O–H groups in total. The number of anilines is 4. The van der Waals surface area contributed by atoms with Crippen molar-refractivity contribution in [3.8, 4) is 0 Å². The molecule has 1 aromatic carbocycles. The summed E-state index contributed by atoms with van der Waals surface area (Å²) in [5.74, 6) is 3.38. The number of carbonyl (C=O) groups is 1. The molecule has 9 nitrogen and oxygen atoms in total. The standard InChI is InChI=1S/C28H35N7O2/c1-18(2)27-32-31-25-17-33(13-14-34(25)27)21-8-11-23-24(15-21)35(16-20-5-4-12-29-26(20)30-23)28(36)19-6-9-22(37-3)10-7-19/h4-5,8,11-12,15,18-19,22H,6-7,9-10,13-14,16-17H2,1-3H3,(H,29,30). The maximum Gasteiger partial charge on any atom is 0.230 e. The summed E-state index contributed by atoms with van der Waals surface area (Å²) < 4.78 is 7.80. The maximum absolute atomic E-state index is 14.0. The van der Waals surface area contributed by atoms with Crippen LogP contribution in [0.1, 0.15) is 62.7 Å². The Labute approximate surface area is 217 Å². The number of benzene rings is 1. The molecule has 37 heavy (non-hydrogen) atoms. The number of nitrogens with one attached hydrogen (secondary N) is 1.